The molecule has 2 aliphatic carbocycles. The zero-order chi connectivity index (χ0) is 12.8. The number of nitrogens with one attached hydrogen (secondary N) is 1. The van der Waals surface area contributed by atoms with Gasteiger partial charge in [-0.1, -0.05) is 33.1 Å². The molecule has 3 atom stereocenters. The molecule has 0 aromatic heterocycles. The van der Waals surface area contributed by atoms with Crippen molar-refractivity contribution >= 4 is 5.91 Å². The maximum Gasteiger partial charge on any atom is 0.244 e. The van der Waals surface area contributed by atoms with Crippen molar-refractivity contribution in [3.05, 3.63) is 0 Å². The predicted octanol–water partition coefficient (Wildman–Crippen LogP) is 2.66. The minimum absolute atomic E-state index is 0.124. The van der Waals surface area contributed by atoms with Gasteiger partial charge in [0, 0.05) is 6.04 Å². The highest BCUT2D eigenvalue weighted by Gasteiger charge is 2.59. The van der Waals surface area contributed by atoms with Crippen molar-refractivity contribution in [2.75, 3.05) is 0 Å². The minimum atomic E-state index is -0.124. The van der Waals surface area contributed by atoms with E-state index in [2.05, 4.69) is 24.1 Å². The van der Waals surface area contributed by atoms with E-state index in [1.165, 1.54) is 25.7 Å². The van der Waals surface area contributed by atoms with Gasteiger partial charge in [-0.3, -0.25) is 10.1 Å². The van der Waals surface area contributed by atoms with E-state index in [1.807, 2.05) is 0 Å². The van der Waals surface area contributed by atoms with Gasteiger partial charge in [0.1, 0.15) is 0 Å². The van der Waals surface area contributed by atoms with E-state index in [4.69, 9.17) is 0 Å². The lowest BCUT2D eigenvalue weighted by molar-refractivity contribution is -0.134. The van der Waals surface area contributed by atoms with Gasteiger partial charge >= 0.3 is 0 Å². The fourth-order valence-electron chi connectivity index (χ4n) is 3.88. The van der Waals surface area contributed by atoms with Crippen LogP contribution in [0.2, 0.25) is 0 Å². The lowest BCUT2D eigenvalue weighted by atomic mass is 9.86. The average Bonchev–Trinajstić information content (AvgIpc) is 3.05. The first kappa shape index (κ1) is 12.5. The van der Waals surface area contributed by atoms with Crippen molar-refractivity contribution < 1.29 is 4.79 Å². The Kier molecular flexibility index (Phi) is 3.13. The van der Waals surface area contributed by atoms with Crippen LogP contribution in [-0.2, 0) is 4.79 Å². The lowest BCUT2D eigenvalue weighted by Crippen LogP contribution is -2.46. The second kappa shape index (κ2) is 4.52. The summed E-state index contributed by atoms with van der Waals surface area (Å²) in [4.78, 5) is 14.9. The largest absolute Gasteiger partial charge is 0.323 e. The quantitative estimate of drug-likeness (QED) is 0.835. The summed E-state index contributed by atoms with van der Waals surface area (Å²) in [6, 6.07) is 0.505. The first-order valence-corrected chi connectivity index (χ1v) is 7.77. The Morgan fingerprint density at radius 2 is 2.17 bits per heavy atom. The third kappa shape index (κ3) is 1.97. The summed E-state index contributed by atoms with van der Waals surface area (Å²) in [6.07, 6.45) is 9.77. The predicted molar refractivity (Wildman–Crippen MR) is 72.1 cm³/mol. The number of carbonyl (C=O) groups is 1. The van der Waals surface area contributed by atoms with Gasteiger partial charge in [-0.15, -0.1) is 0 Å². The molecule has 1 spiro atoms. The first-order valence-electron chi connectivity index (χ1n) is 7.77. The number of amides is 1. The second-order valence-electron chi connectivity index (χ2n) is 6.67. The summed E-state index contributed by atoms with van der Waals surface area (Å²) in [7, 11) is 0. The summed E-state index contributed by atoms with van der Waals surface area (Å²) in [5, 5.41) is 3.63. The van der Waals surface area contributed by atoms with Crippen molar-refractivity contribution in [2.45, 2.75) is 83.0 Å². The van der Waals surface area contributed by atoms with Crippen LogP contribution in [0.1, 0.15) is 65.2 Å². The van der Waals surface area contributed by atoms with E-state index >= 15 is 0 Å². The van der Waals surface area contributed by atoms with Gasteiger partial charge in [-0.2, -0.15) is 0 Å². The standard InChI is InChI=1S/C15H26N2O/c1-3-5-13-16-15(8-9-15)14(18)17(13)12-7-4-6-11(2)10-12/h11-13,16H,3-10H2,1-2H3. The maximum atomic E-state index is 12.6. The van der Waals surface area contributed by atoms with Crippen LogP contribution in [0, 0.1) is 5.92 Å². The van der Waals surface area contributed by atoms with Crippen molar-refractivity contribution in [3.8, 4) is 0 Å². The Labute approximate surface area is 110 Å². The van der Waals surface area contributed by atoms with Crippen LogP contribution in [0.4, 0.5) is 0 Å². The van der Waals surface area contributed by atoms with Crippen molar-refractivity contribution in [2.24, 2.45) is 5.92 Å². The molecular weight excluding hydrogens is 224 g/mol. The van der Waals surface area contributed by atoms with Crippen LogP contribution in [0.3, 0.4) is 0 Å². The van der Waals surface area contributed by atoms with E-state index in [0.717, 1.165) is 31.6 Å². The molecule has 3 aliphatic rings. The zero-order valence-electron chi connectivity index (χ0n) is 11.7. The second-order valence-corrected chi connectivity index (χ2v) is 6.67. The molecule has 0 radical (unpaired) electrons. The molecule has 0 bridgehead atoms. The van der Waals surface area contributed by atoms with Crippen LogP contribution in [-0.4, -0.2) is 28.6 Å². The van der Waals surface area contributed by atoms with Crippen LogP contribution in [0.5, 0.6) is 0 Å². The molecule has 2 saturated carbocycles. The van der Waals surface area contributed by atoms with Crippen molar-refractivity contribution in [1.82, 2.24) is 10.2 Å². The fourth-order valence-corrected chi connectivity index (χ4v) is 3.88. The van der Waals surface area contributed by atoms with Gasteiger partial charge < -0.3 is 4.90 Å². The zero-order valence-corrected chi connectivity index (χ0v) is 11.7. The highest BCUT2D eigenvalue weighted by atomic mass is 16.2. The van der Waals surface area contributed by atoms with Crippen LogP contribution < -0.4 is 5.32 Å². The Morgan fingerprint density at radius 3 is 2.78 bits per heavy atom. The summed E-state index contributed by atoms with van der Waals surface area (Å²) in [6.45, 7) is 4.55. The number of hydrogen-bond acceptors (Lipinski definition) is 2. The van der Waals surface area contributed by atoms with Gasteiger partial charge in [0.2, 0.25) is 5.91 Å². The summed E-state index contributed by atoms with van der Waals surface area (Å²) >= 11 is 0. The van der Waals surface area contributed by atoms with Gasteiger partial charge in [-0.05, 0) is 38.0 Å². The molecule has 18 heavy (non-hydrogen) atoms. The molecule has 102 valence electrons. The van der Waals surface area contributed by atoms with Gasteiger partial charge in [0.05, 0.1) is 11.7 Å². The molecule has 3 fully saturated rings. The number of rotatable bonds is 3. The highest BCUT2D eigenvalue weighted by Crippen LogP contribution is 2.45. The number of hydrogen-bond donors (Lipinski definition) is 1. The SMILES string of the molecule is CCCC1NC2(CC2)C(=O)N1C1CCCC(C)C1. The molecule has 1 heterocycles. The van der Waals surface area contributed by atoms with Crippen LogP contribution >= 0.6 is 0 Å². The Balaban J connectivity index is 1.76. The van der Waals surface area contributed by atoms with Crippen LogP contribution in [0.15, 0.2) is 0 Å². The van der Waals surface area contributed by atoms with E-state index in [0.29, 0.717) is 18.1 Å². The van der Waals surface area contributed by atoms with E-state index in [1.54, 1.807) is 0 Å². The van der Waals surface area contributed by atoms with Gasteiger partial charge in [-0.25, -0.2) is 0 Å². The van der Waals surface area contributed by atoms with E-state index < -0.39 is 0 Å². The molecule has 0 aromatic carbocycles. The van der Waals surface area contributed by atoms with Crippen molar-refractivity contribution in [1.29, 1.82) is 0 Å². The molecule has 1 N–H and O–H groups in total. The Morgan fingerprint density at radius 1 is 1.39 bits per heavy atom. The molecule has 3 heteroatoms. The smallest absolute Gasteiger partial charge is 0.244 e. The molecule has 3 unspecified atom stereocenters. The molecule has 0 aromatic rings. The lowest BCUT2D eigenvalue weighted by Gasteiger charge is -2.37. The van der Waals surface area contributed by atoms with Gasteiger partial charge in [0.25, 0.3) is 0 Å². The summed E-state index contributed by atoms with van der Waals surface area (Å²) in [5.74, 6) is 1.20. The number of carbonyl (C=O) groups excluding carboxylic acids is 1. The topological polar surface area (TPSA) is 32.3 Å². The first-order chi connectivity index (χ1) is 8.66. The van der Waals surface area contributed by atoms with Crippen molar-refractivity contribution in [3.63, 3.8) is 0 Å². The van der Waals surface area contributed by atoms with E-state index in [9.17, 15) is 4.79 Å². The Bertz CT molecular complexity index is 337. The van der Waals surface area contributed by atoms with E-state index in [-0.39, 0.29) is 5.54 Å². The molecular formula is C15H26N2O. The number of nitrogens with zero attached hydrogens (tertiary/aromatic N) is 1. The third-order valence-electron chi connectivity index (χ3n) is 5.04. The molecule has 3 rings (SSSR count). The monoisotopic (exact) mass is 250 g/mol. The third-order valence-corrected chi connectivity index (χ3v) is 5.04. The molecule has 1 aliphatic heterocycles. The highest BCUT2D eigenvalue weighted by molar-refractivity contribution is 5.92. The Hall–Kier alpha value is -0.570. The normalized spacial score (nSPS) is 38.4. The molecule has 1 amide bonds. The van der Waals surface area contributed by atoms with Crippen LogP contribution in [0.25, 0.3) is 0 Å². The molecule has 1 saturated heterocycles. The minimum Gasteiger partial charge on any atom is -0.323 e. The summed E-state index contributed by atoms with van der Waals surface area (Å²) in [5.41, 5.74) is -0.124. The average molecular weight is 250 g/mol. The fraction of sp³-hybridized carbons (Fsp3) is 0.933. The summed E-state index contributed by atoms with van der Waals surface area (Å²) < 4.78 is 0. The van der Waals surface area contributed by atoms with Gasteiger partial charge in [0.15, 0.2) is 0 Å². The maximum absolute atomic E-state index is 12.6. The molecule has 3 nitrogen and oxygen atoms in total.